The molecule has 5 rings (SSSR count). The monoisotopic (exact) mass is 489 g/mol. The average Bonchev–Trinajstić information content (AvgIpc) is 3.26. The Morgan fingerprint density at radius 2 is 1.92 bits per heavy atom. The molecule has 10 heteroatoms. The molecule has 3 aromatic rings. The van der Waals surface area contributed by atoms with Gasteiger partial charge in [0.2, 0.25) is 5.95 Å². The van der Waals surface area contributed by atoms with Gasteiger partial charge in [0.05, 0.1) is 18.6 Å². The van der Waals surface area contributed by atoms with Crippen molar-refractivity contribution in [3.63, 3.8) is 0 Å². The second kappa shape index (κ2) is 8.78. The largest absolute Gasteiger partial charge is 0.493 e. The summed E-state index contributed by atoms with van der Waals surface area (Å²) >= 11 is 0. The Morgan fingerprint density at radius 1 is 1.17 bits per heavy atom. The first-order valence-corrected chi connectivity index (χ1v) is 11.8. The molecule has 0 saturated carbocycles. The third kappa shape index (κ3) is 4.08. The van der Waals surface area contributed by atoms with Crippen molar-refractivity contribution in [2.75, 3.05) is 19.0 Å². The van der Waals surface area contributed by atoms with Gasteiger partial charge in [0.1, 0.15) is 6.04 Å². The Hall–Kier alpha value is -4.21. The van der Waals surface area contributed by atoms with E-state index >= 15 is 0 Å². The first kappa shape index (κ1) is 23.5. The number of nitro benzene ring substituents is 1. The zero-order valence-corrected chi connectivity index (χ0v) is 20.6. The van der Waals surface area contributed by atoms with E-state index in [0.717, 1.165) is 11.3 Å². The Kier molecular flexibility index (Phi) is 5.74. The number of benzene rings is 2. The summed E-state index contributed by atoms with van der Waals surface area (Å²) < 4.78 is 13.0. The zero-order chi connectivity index (χ0) is 25.6. The van der Waals surface area contributed by atoms with Gasteiger partial charge in [-0.3, -0.25) is 14.9 Å². The topological polar surface area (TPSA) is 121 Å². The van der Waals surface area contributed by atoms with Gasteiger partial charge in [-0.2, -0.15) is 4.98 Å². The van der Waals surface area contributed by atoms with Crippen LogP contribution in [-0.2, 0) is 4.79 Å². The Balaban J connectivity index is 1.64. The van der Waals surface area contributed by atoms with Gasteiger partial charge in [0.15, 0.2) is 23.1 Å². The predicted molar refractivity (Wildman–Crippen MR) is 133 cm³/mol. The number of ether oxygens (including phenoxy) is 2. The molecule has 0 spiro atoms. The molecule has 10 nitrogen and oxygen atoms in total. The number of allylic oxidation sites excluding steroid dienone is 2. The van der Waals surface area contributed by atoms with Crippen molar-refractivity contribution in [1.29, 1.82) is 0 Å². The number of carbonyl (C=O) groups is 1. The van der Waals surface area contributed by atoms with Gasteiger partial charge in [-0.1, -0.05) is 19.9 Å². The number of hydrogen-bond donors (Lipinski definition) is 1. The number of anilines is 1. The molecule has 186 valence electrons. The minimum atomic E-state index is -0.510. The van der Waals surface area contributed by atoms with E-state index in [9.17, 15) is 14.9 Å². The molecule has 2 heterocycles. The van der Waals surface area contributed by atoms with Crippen LogP contribution < -0.4 is 14.8 Å². The van der Waals surface area contributed by atoms with Gasteiger partial charge in [0, 0.05) is 35.4 Å². The first-order valence-electron chi connectivity index (χ1n) is 11.8. The highest BCUT2D eigenvalue weighted by atomic mass is 16.6. The van der Waals surface area contributed by atoms with Crippen molar-refractivity contribution in [2.45, 2.75) is 39.7 Å². The van der Waals surface area contributed by atoms with Crippen molar-refractivity contribution < 1.29 is 19.2 Å². The van der Waals surface area contributed by atoms with Crippen molar-refractivity contribution in [3.05, 3.63) is 69.4 Å². The number of methoxy groups -OCH3 is 1. The van der Waals surface area contributed by atoms with E-state index < -0.39 is 11.0 Å². The van der Waals surface area contributed by atoms with Crippen molar-refractivity contribution in [1.82, 2.24) is 14.8 Å². The Morgan fingerprint density at radius 3 is 2.58 bits per heavy atom. The molecule has 36 heavy (non-hydrogen) atoms. The molecule has 0 bridgehead atoms. The summed E-state index contributed by atoms with van der Waals surface area (Å²) in [5.74, 6) is 2.15. The summed E-state index contributed by atoms with van der Waals surface area (Å²) in [6.45, 7) is 6.55. The summed E-state index contributed by atoms with van der Waals surface area (Å²) in [5.41, 5.74) is 2.76. The minimum Gasteiger partial charge on any atom is -0.493 e. The molecular formula is C26H27N5O5. The van der Waals surface area contributed by atoms with Crippen LogP contribution >= 0.6 is 0 Å². The number of nitrogens with one attached hydrogen (secondary N) is 1. The van der Waals surface area contributed by atoms with Crippen LogP contribution in [0.1, 0.15) is 45.2 Å². The van der Waals surface area contributed by atoms with Crippen LogP contribution in [0.25, 0.3) is 11.4 Å². The predicted octanol–water partition coefficient (Wildman–Crippen LogP) is 4.92. The number of hydrogen-bond acceptors (Lipinski definition) is 8. The van der Waals surface area contributed by atoms with E-state index in [1.165, 1.54) is 12.1 Å². The molecular weight excluding hydrogens is 462 g/mol. The normalized spacial score (nSPS) is 18.2. The van der Waals surface area contributed by atoms with E-state index in [0.29, 0.717) is 53.9 Å². The van der Waals surface area contributed by atoms with E-state index in [4.69, 9.17) is 19.6 Å². The summed E-state index contributed by atoms with van der Waals surface area (Å²) in [6.07, 6.45) is 1.12. The molecule has 1 aliphatic carbocycles. The summed E-state index contributed by atoms with van der Waals surface area (Å²) in [5, 5.41) is 19.1. The van der Waals surface area contributed by atoms with Crippen LogP contribution in [0.4, 0.5) is 11.6 Å². The maximum atomic E-state index is 13.5. The van der Waals surface area contributed by atoms with Crippen LogP contribution in [0.2, 0.25) is 0 Å². The molecule has 0 radical (unpaired) electrons. The standard InChI is InChI=1S/C26H27N5O5/c1-5-36-20-11-8-16(12-21(20)35-4)23-22-18(13-26(2,3)14-19(22)32)27-25-28-24(29-30(23)25)15-6-9-17(10-7-15)31(33)34/h6-12,23H,5,13-14H2,1-4H3,(H,27,28,29). The minimum absolute atomic E-state index is 0.00911. The number of aromatic nitrogens is 3. The second-order valence-electron chi connectivity index (χ2n) is 9.71. The summed E-state index contributed by atoms with van der Waals surface area (Å²) in [4.78, 5) is 28.8. The highest BCUT2D eigenvalue weighted by Gasteiger charge is 2.42. The fourth-order valence-corrected chi connectivity index (χ4v) is 4.90. The van der Waals surface area contributed by atoms with Gasteiger partial charge in [-0.15, -0.1) is 5.10 Å². The van der Waals surface area contributed by atoms with Gasteiger partial charge in [-0.05, 0) is 48.6 Å². The third-order valence-corrected chi connectivity index (χ3v) is 6.47. The molecule has 0 fully saturated rings. The average molecular weight is 490 g/mol. The molecule has 2 aliphatic rings. The molecule has 1 atom stereocenters. The molecule has 0 amide bonds. The highest BCUT2D eigenvalue weighted by molar-refractivity contribution is 6.00. The SMILES string of the molecule is CCOc1ccc(C2C3=C(CC(C)(C)CC3=O)Nc3nc(-c4ccc([N+](=O)[O-])cc4)nn32)cc1OC. The van der Waals surface area contributed by atoms with Gasteiger partial charge in [0.25, 0.3) is 5.69 Å². The lowest BCUT2D eigenvalue weighted by Gasteiger charge is -2.38. The summed E-state index contributed by atoms with van der Waals surface area (Å²) in [7, 11) is 1.58. The molecule has 0 saturated heterocycles. The molecule has 1 N–H and O–H groups in total. The zero-order valence-electron chi connectivity index (χ0n) is 20.6. The highest BCUT2D eigenvalue weighted by Crippen LogP contribution is 2.46. The fourth-order valence-electron chi connectivity index (χ4n) is 4.90. The number of Topliss-reactive ketones (excluding diaryl/α,β-unsaturated/α-hetero) is 1. The number of nitro groups is 1. The molecule has 1 unspecified atom stereocenters. The number of nitrogens with zero attached hydrogens (tertiary/aromatic N) is 4. The van der Waals surface area contributed by atoms with Crippen LogP contribution in [-0.4, -0.2) is 39.2 Å². The smallest absolute Gasteiger partial charge is 0.269 e. The van der Waals surface area contributed by atoms with E-state index in [-0.39, 0.29) is 16.9 Å². The second-order valence-corrected chi connectivity index (χ2v) is 9.71. The molecule has 1 aliphatic heterocycles. The van der Waals surface area contributed by atoms with Crippen LogP contribution in [0.15, 0.2) is 53.7 Å². The van der Waals surface area contributed by atoms with Gasteiger partial charge in [-0.25, -0.2) is 4.68 Å². The number of ketones is 1. The van der Waals surface area contributed by atoms with Crippen LogP contribution in [0.3, 0.4) is 0 Å². The quantitative estimate of drug-likeness (QED) is 0.383. The lowest BCUT2D eigenvalue weighted by atomic mass is 9.73. The van der Waals surface area contributed by atoms with Crippen molar-refractivity contribution in [3.8, 4) is 22.9 Å². The Bertz CT molecular complexity index is 1390. The lowest BCUT2D eigenvalue weighted by molar-refractivity contribution is -0.384. The molecule has 2 aromatic carbocycles. The Labute approximate surface area is 208 Å². The van der Waals surface area contributed by atoms with Gasteiger partial charge >= 0.3 is 0 Å². The van der Waals surface area contributed by atoms with E-state index in [1.54, 1.807) is 23.9 Å². The third-order valence-electron chi connectivity index (χ3n) is 6.47. The number of carbonyl (C=O) groups excluding carboxylic acids is 1. The maximum Gasteiger partial charge on any atom is 0.269 e. The lowest BCUT2D eigenvalue weighted by Crippen LogP contribution is -2.36. The molecule has 1 aromatic heterocycles. The number of fused-ring (bicyclic) bond motifs is 1. The summed E-state index contributed by atoms with van der Waals surface area (Å²) in [6, 6.07) is 11.2. The van der Waals surface area contributed by atoms with E-state index in [2.05, 4.69) is 19.2 Å². The van der Waals surface area contributed by atoms with Crippen molar-refractivity contribution >= 4 is 17.4 Å². The first-order chi connectivity index (χ1) is 17.2. The van der Waals surface area contributed by atoms with Crippen LogP contribution in [0, 0.1) is 15.5 Å². The van der Waals surface area contributed by atoms with Crippen LogP contribution in [0.5, 0.6) is 11.5 Å². The van der Waals surface area contributed by atoms with Crippen molar-refractivity contribution in [2.24, 2.45) is 5.41 Å². The number of non-ortho nitro benzene ring substituents is 1. The fraction of sp³-hybridized carbons (Fsp3) is 0.346. The number of rotatable bonds is 6. The van der Waals surface area contributed by atoms with Gasteiger partial charge < -0.3 is 14.8 Å². The van der Waals surface area contributed by atoms with E-state index in [1.807, 2.05) is 25.1 Å². The maximum absolute atomic E-state index is 13.5.